The van der Waals surface area contributed by atoms with Gasteiger partial charge in [-0.2, -0.15) is 0 Å². The fourth-order valence-corrected chi connectivity index (χ4v) is 4.33. The van der Waals surface area contributed by atoms with Gasteiger partial charge < -0.3 is 4.90 Å². The highest BCUT2D eigenvalue weighted by Crippen LogP contribution is 2.31. The molecule has 2 aliphatic rings. The maximum atomic E-state index is 12.6. The molecule has 1 N–H and O–H groups in total. The molecular formula is C21H26N4O2S2. The largest absolute Gasteiger partial charge is 0.304 e. The SMILES string of the molecule is CN1CCN(NC(=O)CCCN2C(=O)/C(=C/C=C/c3ccccc3)SC2=S)CC1. The number of rotatable bonds is 7. The van der Waals surface area contributed by atoms with Crippen molar-refractivity contribution in [3.05, 3.63) is 53.0 Å². The van der Waals surface area contributed by atoms with Crippen molar-refractivity contribution in [1.82, 2.24) is 20.2 Å². The fraction of sp³-hybridized carbons (Fsp3) is 0.381. The number of thioether (sulfide) groups is 1. The molecule has 2 heterocycles. The first-order valence-corrected chi connectivity index (χ1v) is 11.0. The summed E-state index contributed by atoms with van der Waals surface area (Å²) in [4.78, 5) is 29.2. The molecule has 2 aliphatic heterocycles. The molecule has 6 nitrogen and oxygen atoms in total. The lowest BCUT2D eigenvalue weighted by Gasteiger charge is -2.32. The third kappa shape index (κ3) is 6.50. The second kappa shape index (κ2) is 10.7. The van der Waals surface area contributed by atoms with E-state index >= 15 is 0 Å². The molecular weight excluding hydrogens is 404 g/mol. The van der Waals surface area contributed by atoms with Crippen LogP contribution in [0.25, 0.3) is 6.08 Å². The number of likely N-dealkylation sites (N-methyl/N-ethyl adjacent to an activating group) is 1. The van der Waals surface area contributed by atoms with Crippen LogP contribution in [0.1, 0.15) is 18.4 Å². The summed E-state index contributed by atoms with van der Waals surface area (Å²) in [5.41, 5.74) is 4.02. The van der Waals surface area contributed by atoms with E-state index in [4.69, 9.17) is 12.2 Å². The van der Waals surface area contributed by atoms with Crippen LogP contribution in [-0.2, 0) is 9.59 Å². The van der Waals surface area contributed by atoms with Crippen LogP contribution < -0.4 is 5.43 Å². The Hall–Kier alpha value is -2.00. The van der Waals surface area contributed by atoms with Gasteiger partial charge in [0, 0.05) is 39.1 Å². The van der Waals surface area contributed by atoms with Crippen LogP contribution in [0.15, 0.2) is 47.4 Å². The van der Waals surface area contributed by atoms with Gasteiger partial charge in [0.2, 0.25) is 5.91 Å². The van der Waals surface area contributed by atoms with Crippen molar-refractivity contribution in [2.24, 2.45) is 0 Å². The summed E-state index contributed by atoms with van der Waals surface area (Å²) in [6.07, 6.45) is 6.57. The van der Waals surface area contributed by atoms with Gasteiger partial charge in [0.15, 0.2) is 0 Å². The number of allylic oxidation sites excluding steroid dienone is 2. The highest BCUT2D eigenvalue weighted by molar-refractivity contribution is 8.26. The van der Waals surface area contributed by atoms with E-state index in [1.807, 2.05) is 47.5 Å². The first-order chi connectivity index (χ1) is 14.0. The predicted molar refractivity (Wildman–Crippen MR) is 122 cm³/mol. The summed E-state index contributed by atoms with van der Waals surface area (Å²) in [7, 11) is 2.08. The first kappa shape index (κ1) is 21.7. The molecule has 2 amide bonds. The summed E-state index contributed by atoms with van der Waals surface area (Å²) >= 11 is 6.66. The molecule has 8 heteroatoms. The zero-order valence-corrected chi connectivity index (χ0v) is 18.2. The molecule has 0 bridgehead atoms. The smallest absolute Gasteiger partial charge is 0.266 e. The maximum Gasteiger partial charge on any atom is 0.266 e. The third-order valence-electron chi connectivity index (χ3n) is 4.78. The van der Waals surface area contributed by atoms with E-state index in [9.17, 15) is 9.59 Å². The number of carbonyl (C=O) groups is 2. The Morgan fingerprint density at radius 1 is 1.21 bits per heavy atom. The van der Waals surface area contributed by atoms with E-state index in [2.05, 4.69) is 17.4 Å². The van der Waals surface area contributed by atoms with Gasteiger partial charge in [0.1, 0.15) is 4.32 Å². The van der Waals surface area contributed by atoms with Crippen molar-refractivity contribution in [2.45, 2.75) is 12.8 Å². The summed E-state index contributed by atoms with van der Waals surface area (Å²) in [5, 5.41) is 1.96. The minimum Gasteiger partial charge on any atom is -0.304 e. The monoisotopic (exact) mass is 430 g/mol. The van der Waals surface area contributed by atoms with Crippen LogP contribution in [0.4, 0.5) is 0 Å². The van der Waals surface area contributed by atoms with E-state index in [-0.39, 0.29) is 11.8 Å². The second-order valence-electron chi connectivity index (χ2n) is 7.05. The molecule has 154 valence electrons. The van der Waals surface area contributed by atoms with E-state index < -0.39 is 0 Å². The van der Waals surface area contributed by atoms with Crippen molar-refractivity contribution in [2.75, 3.05) is 39.8 Å². The van der Waals surface area contributed by atoms with Gasteiger partial charge in [-0.15, -0.1) is 0 Å². The van der Waals surface area contributed by atoms with Crippen molar-refractivity contribution in [1.29, 1.82) is 0 Å². The summed E-state index contributed by atoms with van der Waals surface area (Å²) in [6, 6.07) is 9.91. The predicted octanol–water partition coefficient (Wildman–Crippen LogP) is 2.50. The Bertz CT molecular complexity index is 802. The minimum atomic E-state index is -0.0859. The number of amides is 2. The number of nitrogens with zero attached hydrogens (tertiary/aromatic N) is 3. The lowest BCUT2D eigenvalue weighted by Crippen LogP contribution is -2.52. The molecule has 29 heavy (non-hydrogen) atoms. The third-order valence-corrected chi connectivity index (χ3v) is 6.18. The van der Waals surface area contributed by atoms with E-state index in [1.54, 1.807) is 11.0 Å². The zero-order chi connectivity index (χ0) is 20.6. The molecule has 0 aliphatic carbocycles. The highest BCUT2D eigenvalue weighted by atomic mass is 32.2. The van der Waals surface area contributed by atoms with Crippen molar-refractivity contribution < 1.29 is 9.59 Å². The molecule has 2 fully saturated rings. The number of hydrogen-bond acceptors (Lipinski definition) is 6. The summed E-state index contributed by atoms with van der Waals surface area (Å²) < 4.78 is 0.550. The van der Waals surface area contributed by atoms with Gasteiger partial charge in [-0.1, -0.05) is 66.5 Å². The van der Waals surface area contributed by atoms with Crippen LogP contribution in [0.5, 0.6) is 0 Å². The number of carbonyl (C=O) groups excluding carboxylic acids is 2. The van der Waals surface area contributed by atoms with Gasteiger partial charge in [0.25, 0.3) is 5.91 Å². The van der Waals surface area contributed by atoms with Gasteiger partial charge in [-0.25, -0.2) is 5.01 Å². The van der Waals surface area contributed by atoms with Crippen molar-refractivity contribution >= 4 is 46.2 Å². The van der Waals surface area contributed by atoms with Crippen molar-refractivity contribution in [3.63, 3.8) is 0 Å². The van der Waals surface area contributed by atoms with Gasteiger partial charge in [-0.05, 0) is 25.1 Å². The molecule has 2 saturated heterocycles. The number of hydrazine groups is 1. The Balaban J connectivity index is 1.43. The Morgan fingerprint density at radius 3 is 2.66 bits per heavy atom. The van der Waals surface area contributed by atoms with Gasteiger partial charge in [-0.3, -0.25) is 19.9 Å². The Labute approximate surface area is 181 Å². The van der Waals surface area contributed by atoms with E-state index in [1.165, 1.54) is 11.8 Å². The number of benzene rings is 1. The highest BCUT2D eigenvalue weighted by Gasteiger charge is 2.31. The number of hydrogen-bond donors (Lipinski definition) is 1. The number of piperazine rings is 1. The topological polar surface area (TPSA) is 55.9 Å². The fourth-order valence-electron chi connectivity index (χ4n) is 3.07. The average molecular weight is 431 g/mol. The van der Waals surface area contributed by atoms with Crippen LogP contribution in [0.2, 0.25) is 0 Å². The average Bonchev–Trinajstić information content (AvgIpc) is 2.98. The standard InChI is InChI=1S/C21H26N4O2S2/c1-23-13-15-24(16-14-23)22-19(26)11-6-12-25-20(27)18(29-21(25)28)10-5-9-17-7-3-2-4-8-17/h2-5,7-10H,6,11-16H2,1H3,(H,22,26)/b9-5+,18-10-. The molecule has 0 saturated carbocycles. The summed E-state index contributed by atoms with van der Waals surface area (Å²) in [6.45, 7) is 4.01. The van der Waals surface area contributed by atoms with Crippen molar-refractivity contribution in [3.8, 4) is 0 Å². The molecule has 0 aromatic heterocycles. The zero-order valence-electron chi connectivity index (χ0n) is 16.5. The lowest BCUT2D eigenvalue weighted by atomic mass is 10.2. The molecule has 0 spiro atoms. The second-order valence-corrected chi connectivity index (χ2v) is 8.73. The minimum absolute atomic E-state index is 0.0127. The first-order valence-electron chi connectivity index (χ1n) is 9.73. The molecule has 0 radical (unpaired) electrons. The Morgan fingerprint density at radius 2 is 1.93 bits per heavy atom. The molecule has 1 aromatic rings. The maximum absolute atomic E-state index is 12.6. The van der Waals surface area contributed by atoms with Crippen LogP contribution in [0.3, 0.4) is 0 Å². The van der Waals surface area contributed by atoms with E-state index in [0.29, 0.717) is 28.6 Å². The number of nitrogens with one attached hydrogen (secondary N) is 1. The molecule has 3 rings (SSSR count). The normalized spacial score (nSPS) is 20.2. The van der Waals surface area contributed by atoms with E-state index in [0.717, 1.165) is 31.7 Å². The molecule has 0 unspecified atom stereocenters. The lowest BCUT2D eigenvalue weighted by molar-refractivity contribution is -0.127. The van der Waals surface area contributed by atoms with Crippen LogP contribution in [0, 0.1) is 0 Å². The molecule has 0 atom stereocenters. The number of thiocarbonyl (C=S) groups is 1. The van der Waals surface area contributed by atoms with Crippen LogP contribution >= 0.6 is 24.0 Å². The quantitative estimate of drug-likeness (QED) is 0.530. The Kier molecular flexibility index (Phi) is 8.00. The summed E-state index contributed by atoms with van der Waals surface area (Å²) in [5.74, 6) is -0.0986. The van der Waals surface area contributed by atoms with Gasteiger partial charge >= 0.3 is 0 Å². The van der Waals surface area contributed by atoms with Crippen LogP contribution in [-0.4, -0.2) is 70.7 Å². The van der Waals surface area contributed by atoms with Gasteiger partial charge in [0.05, 0.1) is 4.91 Å². The molecule has 1 aromatic carbocycles.